The summed E-state index contributed by atoms with van der Waals surface area (Å²) in [4.78, 5) is 2.54. The van der Waals surface area contributed by atoms with Crippen molar-refractivity contribution in [2.24, 2.45) is 5.92 Å². The molecule has 4 nitrogen and oxygen atoms in total. The Kier molecular flexibility index (Phi) is 6.53. The van der Waals surface area contributed by atoms with Crippen LogP contribution in [0.25, 0.3) is 0 Å². The van der Waals surface area contributed by atoms with Crippen LogP contribution >= 0.6 is 23.2 Å². The first kappa shape index (κ1) is 18.0. The number of halogens is 2. The molecule has 1 aromatic carbocycles. The molecule has 0 amide bonds. The first-order valence-electron chi connectivity index (χ1n) is 7.55. The lowest BCUT2D eigenvalue weighted by Crippen LogP contribution is -2.35. The van der Waals surface area contributed by atoms with Crippen molar-refractivity contribution in [3.8, 4) is 0 Å². The molecule has 0 unspecified atom stereocenters. The van der Waals surface area contributed by atoms with Crippen LogP contribution in [0.3, 0.4) is 0 Å². The minimum atomic E-state index is -3.52. The average molecular weight is 365 g/mol. The molecular weight excluding hydrogens is 343 g/mol. The normalized spacial score (nSPS) is 17.8. The third kappa shape index (κ3) is 5.10. The van der Waals surface area contributed by atoms with Gasteiger partial charge in [0.05, 0.1) is 14.9 Å². The van der Waals surface area contributed by atoms with Crippen LogP contribution in [-0.2, 0) is 10.0 Å². The first-order valence-corrected chi connectivity index (χ1v) is 9.79. The molecule has 22 heavy (non-hydrogen) atoms. The van der Waals surface area contributed by atoms with E-state index in [9.17, 15) is 8.42 Å². The highest BCUT2D eigenvalue weighted by Gasteiger charge is 2.17. The maximum absolute atomic E-state index is 12.2. The molecule has 1 fully saturated rings. The van der Waals surface area contributed by atoms with Gasteiger partial charge in [-0.05, 0) is 63.0 Å². The maximum atomic E-state index is 12.2. The molecule has 0 aromatic heterocycles. The Morgan fingerprint density at radius 1 is 1.23 bits per heavy atom. The van der Waals surface area contributed by atoms with Crippen LogP contribution in [0, 0.1) is 5.92 Å². The van der Waals surface area contributed by atoms with Gasteiger partial charge >= 0.3 is 0 Å². The zero-order chi connectivity index (χ0) is 16.2. The smallest absolute Gasteiger partial charge is 0.240 e. The van der Waals surface area contributed by atoms with E-state index in [2.05, 4.69) is 16.5 Å². The molecule has 1 aromatic rings. The lowest BCUT2D eigenvalue weighted by atomic mass is 9.99. The predicted octanol–water partition coefficient (Wildman–Crippen LogP) is 3.39. The number of rotatable bonds is 6. The van der Waals surface area contributed by atoms with Crippen molar-refractivity contribution in [3.63, 3.8) is 0 Å². The molecule has 0 saturated carbocycles. The van der Waals surface area contributed by atoms with E-state index in [-0.39, 0.29) is 9.92 Å². The summed E-state index contributed by atoms with van der Waals surface area (Å²) in [5.74, 6) is 0.810. The lowest BCUT2D eigenvalue weighted by molar-refractivity contribution is 0.191. The molecule has 0 radical (unpaired) electrons. The fourth-order valence-corrected chi connectivity index (χ4v) is 3.98. The summed E-state index contributed by atoms with van der Waals surface area (Å²) in [6, 6.07) is 4.33. The number of benzene rings is 1. The molecule has 0 bridgehead atoms. The highest BCUT2D eigenvalue weighted by atomic mass is 35.5. The Labute approximate surface area is 142 Å². The topological polar surface area (TPSA) is 49.4 Å². The molecule has 1 N–H and O–H groups in total. The van der Waals surface area contributed by atoms with Crippen LogP contribution < -0.4 is 4.72 Å². The van der Waals surface area contributed by atoms with E-state index in [1.807, 2.05) is 0 Å². The quantitative estimate of drug-likeness (QED) is 0.787. The number of nitrogens with one attached hydrogen (secondary N) is 1. The van der Waals surface area contributed by atoms with E-state index in [1.165, 1.54) is 31.0 Å². The van der Waals surface area contributed by atoms with Gasteiger partial charge in [0.2, 0.25) is 10.0 Å². The van der Waals surface area contributed by atoms with E-state index in [0.717, 1.165) is 32.0 Å². The zero-order valence-corrected chi connectivity index (χ0v) is 15.0. The van der Waals surface area contributed by atoms with E-state index in [4.69, 9.17) is 23.2 Å². The fourth-order valence-electron chi connectivity index (χ4n) is 2.52. The Morgan fingerprint density at radius 3 is 2.55 bits per heavy atom. The van der Waals surface area contributed by atoms with Gasteiger partial charge in [-0.1, -0.05) is 30.1 Å². The van der Waals surface area contributed by atoms with Crippen molar-refractivity contribution < 1.29 is 8.42 Å². The molecule has 124 valence electrons. The summed E-state index contributed by atoms with van der Waals surface area (Å²) in [6.07, 6.45) is 3.26. The molecule has 0 atom stereocenters. The standard InChI is InChI=1S/C15H22Cl2N2O2S/c1-12-5-9-19(10-6-12)8-2-7-18-22(20,21)13-3-4-14(16)15(17)11-13/h3-4,11-12,18H,2,5-10H2,1H3. The van der Waals surface area contributed by atoms with Crippen LogP contribution in [0.15, 0.2) is 23.1 Å². The number of hydrogen-bond acceptors (Lipinski definition) is 3. The molecular formula is C15H22Cl2N2O2S. The number of likely N-dealkylation sites (tertiary alicyclic amines) is 1. The Hall–Kier alpha value is -0.330. The first-order chi connectivity index (χ1) is 10.4. The van der Waals surface area contributed by atoms with Crippen LogP contribution in [-0.4, -0.2) is 39.5 Å². The van der Waals surface area contributed by atoms with Gasteiger partial charge in [0.25, 0.3) is 0 Å². The summed E-state index contributed by atoms with van der Waals surface area (Å²) >= 11 is 11.7. The molecule has 1 heterocycles. The molecule has 2 rings (SSSR count). The third-order valence-corrected chi connectivity index (χ3v) is 6.22. The van der Waals surface area contributed by atoms with Gasteiger partial charge in [-0.25, -0.2) is 13.1 Å². The molecule has 7 heteroatoms. The monoisotopic (exact) mass is 364 g/mol. The van der Waals surface area contributed by atoms with Crippen molar-refractivity contribution in [1.29, 1.82) is 0 Å². The van der Waals surface area contributed by atoms with E-state index in [0.29, 0.717) is 11.6 Å². The largest absolute Gasteiger partial charge is 0.303 e. The van der Waals surface area contributed by atoms with Gasteiger partial charge < -0.3 is 4.90 Å². The number of sulfonamides is 1. The summed E-state index contributed by atoms with van der Waals surface area (Å²) in [5, 5.41) is 0.590. The minimum Gasteiger partial charge on any atom is -0.303 e. The van der Waals surface area contributed by atoms with Crippen LogP contribution in [0.1, 0.15) is 26.2 Å². The molecule has 1 aliphatic heterocycles. The third-order valence-electron chi connectivity index (χ3n) is 4.02. The van der Waals surface area contributed by atoms with Crippen LogP contribution in [0.4, 0.5) is 0 Å². The fraction of sp³-hybridized carbons (Fsp3) is 0.600. The van der Waals surface area contributed by atoms with Gasteiger partial charge in [-0.15, -0.1) is 0 Å². The highest BCUT2D eigenvalue weighted by Crippen LogP contribution is 2.24. The van der Waals surface area contributed by atoms with Gasteiger partial charge in [-0.3, -0.25) is 0 Å². The summed E-state index contributed by atoms with van der Waals surface area (Å²) in [6.45, 7) is 5.86. The lowest BCUT2D eigenvalue weighted by Gasteiger charge is -2.30. The number of piperidine rings is 1. The molecule has 0 spiro atoms. The minimum absolute atomic E-state index is 0.147. The van der Waals surface area contributed by atoms with E-state index >= 15 is 0 Å². The second-order valence-corrected chi connectivity index (χ2v) is 8.43. The number of nitrogens with zero attached hydrogens (tertiary/aromatic N) is 1. The zero-order valence-electron chi connectivity index (χ0n) is 12.7. The van der Waals surface area contributed by atoms with E-state index in [1.54, 1.807) is 0 Å². The highest BCUT2D eigenvalue weighted by molar-refractivity contribution is 7.89. The Morgan fingerprint density at radius 2 is 1.91 bits per heavy atom. The summed E-state index contributed by atoms with van der Waals surface area (Å²) < 4.78 is 26.9. The number of hydrogen-bond donors (Lipinski definition) is 1. The van der Waals surface area contributed by atoms with Gasteiger partial charge in [0.15, 0.2) is 0 Å². The Balaban J connectivity index is 1.79. The summed E-state index contributed by atoms with van der Waals surface area (Å²) in [7, 11) is -3.52. The second kappa shape index (κ2) is 7.97. The van der Waals surface area contributed by atoms with Crippen molar-refractivity contribution in [3.05, 3.63) is 28.2 Å². The average Bonchev–Trinajstić information content (AvgIpc) is 2.48. The second-order valence-electron chi connectivity index (χ2n) is 5.85. The molecule has 1 saturated heterocycles. The van der Waals surface area contributed by atoms with Crippen LogP contribution in [0.2, 0.25) is 10.0 Å². The SMILES string of the molecule is CC1CCN(CCCNS(=O)(=O)c2ccc(Cl)c(Cl)c2)CC1. The van der Waals surface area contributed by atoms with Crippen LogP contribution in [0.5, 0.6) is 0 Å². The summed E-state index contributed by atoms with van der Waals surface area (Å²) in [5.41, 5.74) is 0. The van der Waals surface area contributed by atoms with E-state index < -0.39 is 10.0 Å². The molecule has 0 aliphatic carbocycles. The maximum Gasteiger partial charge on any atom is 0.240 e. The Bertz CT molecular complexity index is 600. The van der Waals surface area contributed by atoms with Crippen molar-refractivity contribution in [1.82, 2.24) is 9.62 Å². The molecule has 1 aliphatic rings. The van der Waals surface area contributed by atoms with Gasteiger partial charge in [-0.2, -0.15) is 0 Å². The van der Waals surface area contributed by atoms with Gasteiger partial charge in [0.1, 0.15) is 0 Å². The van der Waals surface area contributed by atoms with Crippen molar-refractivity contribution in [2.75, 3.05) is 26.2 Å². The van der Waals surface area contributed by atoms with Crippen molar-refractivity contribution >= 4 is 33.2 Å². The van der Waals surface area contributed by atoms with Gasteiger partial charge in [0, 0.05) is 6.54 Å². The van der Waals surface area contributed by atoms with Crippen molar-refractivity contribution in [2.45, 2.75) is 31.1 Å². The predicted molar refractivity (Wildman–Crippen MR) is 91.1 cm³/mol.